The van der Waals surface area contributed by atoms with E-state index < -0.39 is 4.92 Å². The lowest BCUT2D eigenvalue weighted by Crippen LogP contribution is -2.19. The predicted molar refractivity (Wildman–Crippen MR) is 102 cm³/mol. The summed E-state index contributed by atoms with van der Waals surface area (Å²) in [7, 11) is 0. The van der Waals surface area contributed by atoms with Gasteiger partial charge in [0.15, 0.2) is 0 Å². The lowest BCUT2D eigenvalue weighted by Gasteiger charge is -2.10. The molecule has 0 aliphatic carbocycles. The van der Waals surface area contributed by atoms with E-state index in [1.54, 1.807) is 29.8 Å². The minimum absolute atomic E-state index is 0.0753. The van der Waals surface area contributed by atoms with E-state index in [1.807, 2.05) is 6.92 Å². The van der Waals surface area contributed by atoms with Gasteiger partial charge in [-0.15, -0.1) is 5.10 Å². The van der Waals surface area contributed by atoms with Crippen molar-refractivity contribution in [3.8, 4) is 5.69 Å². The predicted octanol–water partition coefficient (Wildman–Crippen LogP) is 2.76. The number of pyridine rings is 1. The highest BCUT2D eigenvalue weighted by molar-refractivity contribution is 7.99. The molecule has 0 saturated heterocycles. The van der Waals surface area contributed by atoms with Crippen LogP contribution in [0.2, 0.25) is 0 Å². The molecule has 0 amide bonds. The van der Waals surface area contributed by atoms with Crippen LogP contribution in [0.3, 0.4) is 0 Å². The summed E-state index contributed by atoms with van der Waals surface area (Å²) in [5, 5.41) is 16.4. The summed E-state index contributed by atoms with van der Waals surface area (Å²) in [6.07, 6.45) is 3.05. The van der Waals surface area contributed by atoms with Gasteiger partial charge in [-0.2, -0.15) is 9.50 Å². The average Bonchev–Trinajstić information content (AvgIpc) is 3.06. The van der Waals surface area contributed by atoms with Gasteiger partial charge >= 0.3 is 0 Å². The number of nitro groups is 1. The molecule has 0 fully saturated rings. The molecule has 0 atom stereocenters. The Hall–Kier alpha value is -3.27. The first-order chi connectivity index (χ1) is 13.0. The summed E-state index contributed by atoms with van der Waals surface area (Å²) in [4.78, 5) is 32.2. The smallest absolute Gasteiger partial charge is 0.271 e. The second-order valence-electron chi connectivity index (χ2n) is 5.82. The van der Waals surface area contributed by atoms with Gasteiger partial charge in [0.25, 0.3) is 17.0 Å². The van der Waals surface area contributed by atoms with Gasteiger partial charge < -0.3 is 0 Å². The quantitative estimate of drug-likeness (QED) is 0.303. The standard InChI is InChI=1S/C17H14N6O3S/c1-3-27-17-19-16-18-9-12-13(22(16)20-17)6-7-21(15(12)24)14-8-11(23(25)26)5-4-10(14)2/h4-9H,3H2,1-2H3. The Labute approximate surface area is 156 Å². The Morgan fingerprint density at radius 3 is 2.85 bits per heavy atom. The van der Waals surface area contributed by atoms with Crippen LogP contribution in [0.15, 0.2) is 46.6 Å². The summed E-state index contributed by atoms with van der Waals surface area (Å²) in [5.41, 5.74) is 1.38. The van der Waals surface area contributed by atoms with Gasteiger partial charge in [0, 0.05) is 24.5 Å². The van der Waals surface area contributed by atoms with Crippen LogP contribution in [-0.2, 0) is 0 Å². The highest BCUT2D eigenvalue weighted by atomic mass is 32.2. The molecule has 0 spiro atoms. The van der Waals surface area contributed by atoms with E-state index in [-0.39, 0.29) is 11.2 Å². The van der Waals surface area contributed by atoms with E-state index in [9.17, 15) is 14.9 Å². The van der Waals surface area contributed by atoms with Crippen molar-refractivity contribution in [1.29, 1.82) is 0 Å². The molecule has 1 aromatic carbocycles. The van der Waals surface area contributed by atoms with Crippen molar-refractivity contribution in [3.63, 3.8) is 0 Å². The van der Waals surface area contributed by atoms with Gasteiger partial charge in [0.2, 0.25) is 5.16 Å². The maximum atomic E-state index is 13.0. The SMILES string of the molecule is CCSc1nc2ncc3c(=O)n(-c4cc([N+](=O)[O-])ccc4C)ccc3n2n1. The second-order valence-corrected chi connectivity index (χ2v) is 7.05. The number of hydrogen-bond acceptors (Lipinski definition) is 7. The third-order valence-electron chi connectivity index (χ3n) is 4.15. The molecule has 3 aromatic heterocycles. The molecule has 9 nitrogen and oxygen atoms in total. The summed E-state index contributed by atoms with van der Waals surface area (Å²) >= 11 is 1.49. The average molecular weight is 382 g/mol. The van der Waals surface area contributed by atoms with Crippen molar-refractivity contribution < 1.29 is 4.92 Å². The molecule has 0 unspecified atom stereocenters. The number of nitro benzene ring substituents is 1. The first kappa shape index (κ1) is 17.2. The number of non-ortho nitro benzene ring substituents is 1. The topological polar surface area (TPSA) is 108 Å². The van der Waals surface area contributed by atoms with Crippen molar-refractivity contribution in [2.45, 2.75) is 19.0 Å². The normalized spacial score (nSPS) is 11.3. The molecule has 0 N–H and O–H groups in total. The number of thioether (sulfide) groups is 1. The van der Waals surface area contributed by atoms with E-state index in [0.717, 1.165) is 11.3 Å². The largest absolute Gasteiger partial charge is 0.283 e. The zero-order chi connectivity index (χ0) is 19.1. The first-order valence-electron chi connectivity index (χ1n) is 8.15. The monoisotopic (exact) mass is 382 g/mol. The van der Waals surface area contributed by atoms with Crippen molar-refractivity contribution in [2.24, 2.45) is 0 Å². The summed E-state index contributed by atoms with van der Waals surface area (Å²) in [5.74, 6) is 1.25. The number of nitrogens with zero attached hydrogens (tertiary/aromatic N) is 6. The van der Waals surface area contributed by atoms with Crippen LogP contribution in [0.25, 0.3) is 22.4 Å². The molecular formula is C17H14N6O3S. The van der Waals surface area contributed by atoms with Crippen molar-refractivity contribution in [1.82, 2.24) is 24.1 Å². The van der Waals surface area contributed by atoms with Crippen LogP contribution in [0.1, 0.15) is 12.5 Å². The first-order valence-corrected chi connectivity index (χ1v) is 9.13. The van der Waals surface area contributed by atoms with Crippen LogP contribution in [0.4, 0.5) is 5.69 Å². The van der Waals surface area contributed by atoms with E-state index in [4.69, 9.17) is 0 Å². The van der Waals surface area contributed by atoms with E-state index >= 15 is 0 Å². The molecule has 136 valence electrons. The Kier molecular flexibility index (Phi) is 4.11. The molecule has 27 heavy (non-hydrogen) atoms. The highest BCUT2D eigenvalue weighted by Gasteiger charge is 2.15. The highest BCUT2D eigenvalue weighted by Crippen LogP contribution is 2.21. The molecule has 0 saturated carbocycles. The van der Waals surface area contributed by atoms with Gasteiger partial charge in [-0.25, -0.2) is 4.98 Å². The molecule has 0 aliphatic heterocycles. The molecular weight excluding hydrogens is 368 g/mol. The fourth-order valence-electron chi connectivity index (χ4n) is 2.85. The number of aryl methyl sites for hydroxylation is 1. The maximum absolute atomic E-state index is 13.0. The van der Waals surface area contributed by atoms with Crippen LogP contribution < -0.4 is 5.56 Å². The molecule has 4 aromatic rings. The fourth-order valence-corrected chi connectivity index (χ4v) is 3.40. The molecule has 0 bridgehead atoms. The van der Waals surface area contributed by atoms with Gasteiger partial charge in [-0.1, -0.05) is 24.8 Å². The van der Waals surface area contributed by atoms with Crippen LogP contribution >= 0.6 is 11.8 Å². The summed E-state index contributed by atoms with van der Waals surface area (Å²) < 4.78 is 2.93. The number of aromatic nitrogens is 5. The Morgan fingerprint density at radius 1 is 1.30 bits per heavy atom. The Morgan fingerprint density at radius 2 is 2.11 bits per heavy atom. The Bertz CT molecular complexity index is 1260. The lowest BCUT2D eigenvalue weighted by atomic mass is 10.1. The minimum Gasteiger partial charge on any atom is -0.283 e. The zero-order valence-electron chi connectivity index (χ0n) is 14.5. The zero-order valence-corrected chi connectivity index (χ0v) is 15.3. The van der Waals surface area contributed by atoms with E-state index in [0.29, 0.717) is 27.5 Å². The maximum Gasteiger partial charge on any atom is 0.271 e. The number of fused-ring (bicyclic) bond motifs is 3. The number of rotatable bonds is 4. The van der Waals surface area contributed by atoms with Gasteiger partial charge in [-0.3, -0.25) is 19.5 Å². The van der Waals surface area contributed by atoms with E-state index in [1.165, 1.54) is 34.7 Å². The minimum atomic E-state index is -0.484. The summed E-state index contributed by atoms with van der Waals surface area (Å²) in [6.45, 7) is 3.80. The van der Waals surface area contributed by atoms with Crippen molar-refractivity contribution in [3.05, 3.63) is 62.7 Å². The molecule has 4 rings (SSSR count). The fraction of sp³-hybridized carbons (Fsp3) is 0.176. The van der Waals surface area contributed by atoms with Crippen LogP contribution in [0.5, 0.6) is 0 Å². The van der Waals surface area contributed by atoms with Crippen molar-refractivity contribution in [2.75, 3.05) is 5.75 Å². The summed E-state index contributed by atoms with van der Waals surface area (Å²) in [6, 6.07) is 6.16. The van der Waals surface area contributed by atoms with Crippen LogP contribution in [0, 0.1) is 17.0 Å². The third-order valence-corrected chi connectivity index (χ3v) is 4.87. The van der Waals surface area contributed by atoms with E-state index in [2.05, 4.69) is 15.1 Å². The molecule has 3 heterocycles. The molecule has 10 heteroatoms. The lowest BCUT2D eigenvalue weighted by molar-refractivity contribution is -0.384. The van der Waals surface area contributed by atoms with Crippen LogP contribution in [-0.4, -0.2) is 34.8 Å². The van der Waals surface area contributed by atoms with Crippen molar-refractivity contribution >= 4 is 34.1 Å². The molecule has 0 radical (unpaired) electrons. The number of benzene rings is 1. The second kappa shape index (κ2) is 6.47. The molecule has 0 aliphatic rings. The van der Waals surface area contributed by atoms with Gasteiger partial charge in [-0.05, 0) is 24.3 Å². The third kappa shape index (κ3) is 2.83. The Balaban J connectivity index is 1.96. The van der Waals surface area contributed by atoms with Gasteiger partial charge in [0.1, 0.15) is 0 Å². The van der Waals surface area contributed by atoms with Gasteiger partial charge in [0.05, 0.1) is 21.5 Å². The number of hydrogen-bond donors (Lipinski definition) is 0.